The maximum Gasteiger partial charge on any atom is 0.418 e. The minimum absolute atomic E-state index is 0.0710. The number of halogens is 3. The molecule has 3 rings (SSSR count). The number of carbonyl (C=O) groups excluding carboxylic acids is 2. The fourth-order valence-electron chi connectivity index (χ4n) is 3.59. The van der Waals surface area contributed by atoms with Crippen molar-refractivity contribution in [3.8, 4) is 0 Å². The zero-order chi connectivity index (χ0) is 24.2. The van der Waals surface area contributed by atoms with Crippen LogP contribution in [0.5, 0.6) is 0 Å². The molecule has 0 aliphatic carbocycles. The molecule has 0 bridgehead atoms. The van der Waals surface area contributed by atoms with Gasteiger partial charge in [0.25, 0.3) is 5.91 Å². The summed E-state index contributed by atoms with van der Waals surface area (Å²) in [5.41, 5.74) is -1.82. The van der Waals surface area contributed by atoms with Crippen LogP contribution >= 0.6 is 0 Å². The van der Waals surface area contributed by atoms with Crippen molar-refractivity contribution in [3.63, 3.8) is 0 Å². The lowest BCUT2D eigenvalue weighted by atomic mass is 10.1. The van der Waals surface area contributed by atoms with Crippen molar-refractivity contribution in [3.05, 3.63) is 53.6 Å². The fraction of sp³-hybridized carbons (Fsp3) is 0.364. The van der Waals surface area contributed by atoms with Crippen LogP contribution < -0.4 is 10.6 Å². The van der Waals surface area contributed by atoms with Crippen LogP contribution in [0, 0.1) is 0 Å². The highest BCUT2D eigenvalue weighted by Gasteiger charge is 2.34. The second-order valence-electron chi connectivity index (χ2n) is 7.74. The molecule has 0 atom stereocenters. The van der Waals surface area contributed by atoms with Crippen LogP contribution in [0.3, 0.4) is 0 Å². The quantitative estimate of drug-likeness (QED) is 0.656. The molecule has 33 heavy (non-hydrogen) atoms. The van der Waals surface area contributed by atoms with E-state index >= 15 is 0 Å². The minimum atomic E-state index is -4.80. The molecule has 178 valence electrons. The second-order valence-corrected chi connectivity index (χ2v) is 9.68. The molecule has 2 amide bonds. The topological polar surface area (TPSA) is 95.6 Å². The summed E-state index contributed by atoms with van der Waals surface area (Å²) in [6, 6.07) is 8.21. The Balaban J connectivity index is 1.87. The van der Waals surface area contributed by atoms with E-state index in [1.165, 1.54) is 28.6 Å². The molecule has 2 aromatic rings. The summed E-state index contributed by atoms with van der Waals surface area (Å²) >= 11 is 0. The molecule has 1 fully saturated rings. The van der Waals surface area contributed by atoms with Crippen LogP contribution in [0.25, 0.3) is 0 Å². The van der Waals surface area contributed by atoms with Crippen molar-refractivity contribution in [2.75, 3.05) is 23.7 Å². The first kappa shape index (κ1) is 24.7. The van der Waals surface area contributed by atoms with Crippen LogP contribution in [-0.2, 0) is 21.0 Å². The number of sulfonamides is 1. The Morgan fingerprint density at radius 3 is 2.21 bits per heavy atom. The predicted octanol–water partition coefficient (Wildman–Crippen LogP) is 4.48. The summed E-state index contributed by atoms with van der Waals surface area (Å²) < 4.78 is 68.0. The Morgan fingerprint density at radius 2 is 1.61 bits per heavy atom. The minimum Gasteiger partial charge on any atom is -0.326 e. The van der Waals surface area contributed by atoms with Gasteiger partial charge in [-0.3, -0.25) is 9.59 Å². The smallest absolute Gasteiger partial charge is 0.326 e. The molecule has 0 spiro atoms. The summed E-state index contributed by atoms with van der Waals surface area (Å²) in [5, 5.41) is 4.47. The Kier molecular flexibility index (Phi) is 7.43. The van der Waals surface area contributed by atoms with E-state index in [4.69, 9.17) is 0 Å². The van der Waals surface area contributed by atoms with Gasteiger partial charge >= 0.3 is 6.18 Å². The van der Waals surface area contributed by atoms with Gasteiger partial charge in [0.15, 0.2) is 0 Å². The number of nitrogens with one attached hydrogen (secondary N) is 2. The van der Waals surface area contributed by atoms with Crippen molar-refractivity contribution in [2.45, 2.75) is 43.7 Å². The molecule has 2 aromatic carbocycles. The molecule has 1 aliphatic heterocycles. The number of rotatable bonds is 5. The van der Waals surface area contributed by atoms with Crippen molar-refractivity contribution in [2.24, 2.45) is 0 Å². The van der Waals surface area contributed by atoms with Crippen molar-refractivity contribution in [1.82, 2.24) is 4.31 Å². The number of alkyl halides is 3. The number of nitrogens with zero attached hydrogens (tertiary/aromatic N) is 1. The van der Waals surface area contributed by atoms with Gasteiger partial charge in [0.05, 0.1) is 16.1 Å². The second kappa shape index (κ2) is 9.92. The van der Waals surface area contributed by atoms with Gasteiger partial charge in [-0.25, -0.2) is 8.42 Å². The first-order valence-electron chi connectivity index (χ1n) is 10.4. The number of hydrogen-bond donors (Lipinski definition) is 2. The van der Waals surface area contributed by atoms with E-state index in [0.29, 0.717) is 13.1 Å². The molecule has 7 nitrogen and oxygen atoms in total. The Hall–Kier alpha value is -2.92. The van der Waals surface area contributed by atoms with Gasteiger partial charge in [-0.15, -0.1) is 0 Å². The van der Waals surface area contributed by atoms with Gasteiger partial charge in [-0.1, -0.05) is 18.9 Å². The molecule has 11 heteroatoms. The summed E-state index contributed by atoms with van der Waals surface area (Å²) in [6.07, 6.45) is -1.43. The third-order valence-corrected chi connectivity index (χ3v) is 7.09. The van der Waals surface area contributed by atoms with E-state index in [1.807, 2.05) is 0 Å². The van der Waals surface area contributed by atoms with Gasteiger partial charge in [0, 0.05) is 31.3 Å². The molecular formula is C22H24F3N3O4S. The average molecular weight is 484 g/mol. The van der Waals surface area contributed by atoms with E-state index in [0.717, 1.165) is 50.8 Å². The van der Waals surface area contributed by atoms with E-state index in [-0.39, 0.29) is 16.1 Å². The van der Waals surface area contributed by atoms with Crippen LogP contribution in [-0.4, -0.2) is 37.6 Å². The highest BCUT2D eigenvalue weighted by molar-refractivity contribution is 7.89. The maximum absolute atomic E-state index is 13.5. The van der Waals surface area contributed by atoms with Crippen molar-refractivity contribution in [1.29, 1.82) is 0 Å². The fourth-order valence-corrected chi connectivity index (χ4v) is 5.16. The molecule has 2 N–H and O–H groups in total. The van der Waals surface area contributed by atoms with Crippen LogP contribution in [0.15, 0.2) is 47.4 Å². The number of carbonyl (C=O) groups is 2. The van der Waals surface area contributed by atoms with Crippen molar-refractivity contribution < 1.29 is 31.2 Å². The number of hydrogen-bond acceptors (Lipinski definition) is 4. The van der Waals surface area contributed by atoms with Gasteiger partial charge < -0.3 is 10.6 Å². The zero-order valence-corrected chi connectivity index (χ0v) is 18.7. The molecular weight excluding hydrogens is 459 g/mol. The normalized spacial score (nSPS) is 15.5. The molecule has 0 radical (unpaired) electrons. The van der Waals surface area contributed by atoms with E-state index < -0.39 is 39.3 Å². The number of anilines is 2. The lowest BCUT2D eigenvalue weighted by Gasteiger charge is -2.20. The van der Waals surface area contributed by atoms with E-state index in [1.54, 1.807) is 0 Å². The molecule has 0 saturated carbocycles. The molecule has 1 heterocycles. The highest BCUT2D eigenvalue weighted by Crippen LogP contribution is 2.37. The van der Waals surface area contributed by atoms with E-state index in [9.17, 15) is 31.2 Å². The first-order valence-corrected chi connectivity index (χ1v) is 11.8. The van der Waals surface area contributed by atoms with Gasteiger partial charge in [-0.05, 0) is 49.2 Å². The zero-order valence-electron chi connectivity index (χ0n) is 17.9. The molecule has 1 aliphatic rings. The third-order valence-electron chi connectivity index (χ3n) is 5.19. The molecule has 0 aromatic heterocycles. The lowest BCUT2D eigenvalue weighted by molar-refractivity contribution is -0.137. The molecule has 0 unspecified atom stereocenters. The maximum atomic E-state index is 13.5. The lowest BCUT2D eigenvalue weighted by Crippen LogP contribution is -2.32. The first-order chi connectivity index (χ1) is 15.5. The average Bonchev–Trinajstić information content (AvgIpc) is 3.04. The summed E-state index contributed by atoms with van der Waals surface area (Å²) in [6.45, 7) is 1.93. The Bertz CT molecular complexity index is 1140. The summed E-state index contributed by atoms with van der Waals surface area (Å²) in [5.74, 6) is -1.43. The van der Waals surface area contributed by atoms with Gasteiger partial charge in [0.1, 0.15) is 0 Å². The Morgan fingerprint density at radius 1 is 0.939 bits per heavy atom. The predicted molar refractivity (Wildman–Crippen MR) is 117 cm³/mol. The number of amides is 2. The monoisotopic (exact) mass is 483 g/mol. The highest BCUT2D eigenvalue weighted by atomic mass is 32.2. The van der Waals surface area contributed by atoms with Gasteiger partial charge in [0.2, 0.25) is 15.9 Å². The van der Waals surface area contributed by atoms with Crippen LogP contribution in [0.1, 0.15) is 48.5 Å². The van der Waals surface area contributed by atoms with Gasteiger partial charge in [-0.2, -0.15) is 17.5 Å². The Labute approximate surface area is 190 Å². The van der Waals surface area contributed by atoms with E-state index in [2.05, 4.69) is 10.6 Å². The SMILES string of the molecule is CC(=O)Nc1ccc(NC(=O)c2cccc(S(=O)(=O)N3CCCCCC3)c2)c(C(F)(F)F)c1. The molecule has 1 saturated heterocycles. The van der Waals surface area contributed by atoms with Crippen LogP contribution in [0.2, 0.25) is 0 Å². The number of benzene rings is 2. The third kappa shape index (κ3) is 6.11. The summed E-state index contributed by atoms with van der Waals surface area (Å²) in [4.78, 5) is 23.8. The largest absolute Gasteiger partial charge is 0.418 e. The van der Waals surface area contributed by atoms with Crippen molar-refractivity contribution >= 4 is 33.2 Å². The van der Waals surface area contributed by atoms with Crippen LogP contribution in [0.4, 0.5) is 24.5 Å². The summed E-state index contributed by atoms with van der Waals surface area (Å²) in [7, 11) is -3.83. The standard InChI is InChI=1S/C22H24F3N3O4S/c1-15(29)26-17-9-10-20(19(14-17)22(23,24)25)27-21(30)16-7-6-8-18(13-16)33(31,32)28-11-4-2-3-5-12-28/h6-10,13-14H,2-5,11-12H2,1H3,(H,26,29)(H,27,30).